The molecule has 0 bridgehead atoms. The maximum absolute atomic E-state index is 12.2. The first-order valence-corrected chi connectivity index (χ1v) is 6.83. The second-order valence-electron chi connectivity index (χ2n) is 4.70. The zero-order chi connectivity index (χ0) is 13.7. The van der Waals surface area contributed by atoms with Crippen molar-refractivity contribution in [3.8, 4) is 5.75 Å². The van der Waals surface area contributed by atoms with Crippen LogP contribution in [0.25, 0.3) is 0 Å². The summed E-state index contributed by atoms with van der Waals surface area (Å²) >= 11 is 0. The minimum atomic E-state index is -0.453. The topological polar surface area (TPSA) is 38.8 Å². The lowest BCUT2D eigenvalue weighted by molar-refractivity contribution is -0.142. The van der Waals surface area contributed by atoms with Crippen LogP contribution in [0, 0.1) is 0 Å². The maximum Gasteiger partial charge on any atom is 0.263 e. The quantitative estimate of drug-likeness (QED) is 0.832. The van der Waals surface area contributed by atoms with Gasteiger partial charge in [-0.2, -0.15) is 0 Å². The van der Waals surface area contributed by atoms with Crippen LogP contribution in [0.5, 0.6) is 5.75 Å². The molecule has 4 nitrogen and oxygen atoms in total. The van der Waals surface area contributed by atoms with E-state index in [2.05, 4.69) is 6.92 Å². The molecule has 1 atom stereocenters. The Balaban J connectivity index is 1.91. The molecule has 4 heteroatoms. The number of hydrogen-bond donors (Lipinski definition) is 0. The SMILES string of the molecule is CCc1ccc(OC(C)C(=O)N2CCOCC2)cc1. The minimum absolute atomic E-state index is 0.0304. The summed E-state index contributed by atoms with van der Waals surface area (Å²) in [5, 5.41) is 0. The van der Waals surface area contributed by atoms with E-state index in [4.69, 9.17) is 9.47 Å². The fourth-order valence-electron chi connectivity index (χ4n) is 2.10. The fourth-order valence-corrected chi connectivity index (χ4v) is 2.10. The van der Waals surface area contributed by atoms with Gasteiger partial charge in [0.2, 0.25) is 0 Å². The molecular weight excluding hydrogens is 242 g/mol. The van der Waals surface area contributed by atoms with E-state index in [1.54, 1.807) is 11.8 Å². The van der Waals surface area contributed by atoms with Crippen molar-refractivity contribution in [2.45, 2.75) is 26.4 Å². The summed E-state index contributed by atoms with van der Waals surface area (Å²) in [4.78, 5) is 14.0. The lowest BCUT2D eigenvalue weighted by Crippen LogP contribution is -2.46. The zero-order valence-electron chi connectivity index (χ0n) is 11.6. The predicted octanol–water partition coefficient (Wildman–Crippen LogP) is 1.88. The van der Waals surface area contributed by atoms with E-state index in [1.807, 2.05) is 24.3 Å². The highest BCUT2D eigenvalue weighted by atomic mass is 16.5. The van der Waals surface area contributed by atoms with Gasteiger partial charge in [-0.3, -0.25) is 4.79 Å². The van der Waals surface area contributed by atoms with Gasteiger partial charge in [-0.1, -0.05) is 19.1 Å². The monoisotopic (exact) mass is 263 g/mol. The molecule has 1 unspecified atom stereocenters. The number of benzene rings is 1. The summed E-state index contributed by atoms with van der Waals surface area (Å²) < 4.78 is 10.9. The van der Waals surface area contributed by atoms with E-state index >= 15 is 0 Å². The third-order valence-electron chi connectivity index (χ3n) is 3.31. The number of ether oxygens (including phenoxy) is 2. The average Bonchev–Trinajstić information content (AvgIpc) is 2.48. The number of hydrogen-bond acceptors (Lipinski definition) is 3. The molecule has 0 radical (unpaired) electrons. The summed E-state index contributed by atoms with van der Waals surface area (Å²) in [6, 6.07) is 7.90. The van der Waals surface area contributed by atoms with Crippen LogP contribution < -0.4 is 4.74 Å². The van der Waals surface area contributed by atoms with Gasteiger partial charge < -0.3 is 14.4 Å². The van der Waals surface area contributed by atoms with Crippen molar-refractivity contribution in [1.29, 1.82) is 0 Å². The number of nitrogens with zero attached hydrogens (tertiary/aromatic N) is 1. The number of aryl methyl sites for hydroxylation is 1. The normalized spacial score (nSPS) is 17.1. The molecule has 1 aliphatic heterocycles. The molecule has 1 aromatic carbocycles. The molecular formula is C15H21NO3. The Morgan fingerprint density at radius 2 is 1.95 bits per heavy atom. The van der Waals surface area contributed by atoms with Crippen LogP contribution in [0.4, 0.5) is 0 Å². The van der Waals surface area contributed by atoms with Gasteiger partial charge in [0.25, 0.3) is 5.91 Å². The van der Waals surface area contributed by atoms with E-state index < -0.39 is 6.10 Å². The summed E-state index contributed by atoms with van der Waals surface area (Å²) in [5.74, 6) is 0.772. The highest BCUT2D eigenvalue weighted by Gasteiger charge is 2.23. The highest BCUT2D eigenvalue weighted by molar-refractivity contribution is 5.81. The van der Waals surface area contributed by atoms with Crippen molar-refractivity contribution in [2.75, 3.05) is 26.3 Å². The van der Waals surface area contributed by atoms with Crippen LogP contribution in [0.1, 0.15) is 19.4 Å². The van der Waals surface area contributed by atoms with Crippen LogP contribution in [0.3, 0.4) is 0 Å². The van der Waals surface area contributed by atoms with Crippen LogP contribution in [-0.2, 0) is 16.0 Å². The molecule has 1 aliphatic rings. The first-order chi connectivity index (χ1) is 9.20. The summed E-state index contributed by atoms with van der Waals surface area (Å²) in [6.45, 7) is 6.45. The fraction of sp³-hybridized carbons (Fsp3) is 0.533. The van der Waals surface area contributed by atoms with Gasteiger partial charge in [0.15, 0.2) is 6.10 Å². The second kappa shape index (κ2) is 6.57. The van der Waals surface area contributed by atoms with Gasteiger partial charge in [0.1, 0.15) is 5.75 Å². The van der Waals surface area contributed by atoms with Gasteiger partial charge in [0.05, 0.1) is 13.2 Å². The third-order valence-corrected chi connectivity index (χ3v) is 3.31. The number of rotatable bonds is 4. The van der Waals surface area contributed by atoms with E-state index in [-0.39, 0.29) is 5.91 Å². The molecule has 0 aliphatic carbocycles. The maximum atomic E-state index is 12.2. The van der Waals surface area contributed by atoms with Crippen molar-refractivity contribution in [1.82, 2.24) is 4.90 Å². The molecule has 1 heterocycles. The van der Waals surface area contributed by atoms with Crippen molar-refractivity contribution >= 4 is 5.91 Å². The Labute approximate surface area is 114 Å². The van der Waals surface area contributed by atoms with E-state index in [1.165, 1.54) is 5.56 Å². The van der Waals surface area contributed by atoms with Gasteiger partial charge in [0, 0.05) is 13.1 Å². The molecule has 0 N–H and O–H groups in total. The molecule has 1 amide bonds. The van der Waals surface area contributed by atoms with Crippen LogP contribution in [0.2, 0.25) is 0 Å². The average molecular weight is 263 g/mol. The summed E-state index contributed by atoms with van der Waals surface area (Å²) in [6.07, 6.45) is 0.549. The van der Waals surface area contributed by atoms with Crippen LogP contribution in [-0.4, -0.2) is 43.2 Å². The molecule has 1 fully saturated rings. The van der Waals surface area contributed by atoms with E-state index in [9.17, 15) is 4.79 Å². The number of amides is 1. The van der Waals surface area contributed by atoms with E-state index in [0.29, 0.717) is 26.3 Å². The van der Waals surface area contributed by atoms with Gasteiger partial charge in [-0.15, -0.1) is 0 Å². The summed E-state index contributed by atoms with van der Waals surface area (Å²) in [7, 11) is 0. The number of carbonyl (C=O) groups is 1. The van der Waals surface area contributed by atoms with Crippen molar-refractivity contribution < 1.29 is 14.3 Å². The van der Waals surface area contributed by atoms with Crippen LogP contribution in [0.15, 0.2) is 24.3 Å². The van der Waals surface area contributed by atoms with Crippen LogP contribution >= 0.6 is 0 Å². The lowest BCUT2D eigenvalue weighted by Gasteiger charge is -2.29. The number of morpholine rings is 1. The van der Waals surface area contributed by atoms with Gasteiger partial charge in [-0.25, -0.2) is 0 Å². The van der Waals surface area contributed by atoms with Gasteiger partial charge >= 0.3 is 0 Å². The lowest BCUT2D eigenvalue weighted by atomic mass is 10.2. The molecule has 0 aromatic heterocycles. The van der Waals surface area contributed by atoms with Crippen molar-refractivity contribution in [3.63, 3.8) is 0 Å². The molecule has 1 saturated heterocycles. The molecule has 2 rings (SSSR count). The third kappa shape index (κ3) is 3.70. The smallest absolute Gasteiger partial charge is 0.263 e. The summed E-state index contributed by atoms with van der Waals surface area (Å²) in [5.41, 5.74) is 1.26. The Bertz CT molecular complexity index is 410. The Morgan fingerprint density at radius 1 is 1.32 bits per heavy atom. The Hall–Kier alpha value is -1.55. The standard InChI is InChI=1S/C15H21NO3/c1-3-13-4-6-14(7-5-13)19-12(2)15(17)16-8-10-18-11-9-16/h4-7,12H,3,8-11H2,1-2H3. The Morgan fingerprint density at radius 3 is 2.53 bits per heavy atom. The largest absolute Gasteiger partial charge is 0.481 e. The first kappa shape index (κ1) is 13.9. The van der Waals surface area contributed by atoms with Crippen molar-refractivity contribution in [3.05, 3.63) is 29.8 Å². The zero-order valence-corrected chi connectivity index (χ0v) is 11.6. The predicted molar refractivity (Wildman–Crippen MR) is 73.3 cm³/mol. The first-order valence-electron chi connectivity index (χ1n) is 6.83. The highest BCUT2D eigenvalue weighted by Crippen LogP contribution is 2.15. The second-order valence-corrected chi connectivity index (χ2v) is 4.70. The Kier molecular flexibility index (Phi) is 4.80. The molecule has 19 heavy (non-hydrogen) atoms. The number of carbonyl (C=O) groups excluding carboxylic acids is 1. The van der Waals surface area contributed by atoms with E-state index in [0.717, 1.165) is 12.2 Å². The molecule has 0 saturated carbocycles. The molecule has 1 aromatic rings. The minimum Gasteiger partial charge on any atom is -0.481 e. The molecule has 0 spiro atoms. The molecule has 104 valence electrons. The van der Waals surface area contributed by atoms with Gasteiger partial charge in [-0.05, 0) is 31.0 Å². The van der Waals surface area contributed by atoms with Crippen molar-refractivity contribution in [2.24, 2.45) is 0 Å².